The highest BCUT2D eigenvalue weighted by molar-refractivity contribution is 9.11. The summed E-state index contributed by atoms with van der Waals surface area (Å²) in [4.78, 5) is 2.52. The first-order valence-corrected chi connectivity index (χ1v) is 9.09. The van der Waals surface area contributed by atoms with Crippen molar-refractivity contribution < 1.29 is 4.74 Å². The summed E-state index contributed by atoms with van der Waals surface area (Å²) in [5.74, 6) is 1.47. The van der Waals surface area contributed by atoms with E-state index in [1.165, 1.54) is 5.69 Å². The topological polar surface area (TPSA) is 24.5 Å². The molecule has 2 atom stereocenters. The minimum absolute atomic E-state index is 0.495. The van der Waals surface area contributed by atoms with Gasteiger partial charge in [0.15, 0.2) is 0 Å². The maximum Gasteiger partial charge on any atom is 0.135 e. The molecule has 1 fully saturated rings. The third-order valence-electron chi connectivity index (χ3n) is 4.23. The molecule has 0 amide bonds. The van der Waals surface area contributed by atoms with Gasteiger partial charge in [0.05, 0.1) is 17.3 Å². The molecule has 0 spiro atoms. The van der Waals surface area contributed by atoms with Crippen LogP contribution < -0.4 is 15.0 Å². The lowest BCUT2D eigenvalue weighted by Crippen LogP contribution is -2.58. The smallest absolute Gasteiger partial charge is 0.135 e. The van der Waals surface area contributed by atoms with Crippen LogP contribution in [0.25, 0.3) is 0 Å². The molecule has 3 nitrogen and oxygen atoms in total. The van der Waals surface area contributed by atoms with Crippen LogP contribution in [0.5, 0.6) is 5.75 Å². The Kier molecular flexibility index (Phi) is 5.97. The van der Waals surface area contributed by atoms with Crippen molar-refractivity contribution in [3.63, 3.8) is 0 Å². The molecule has 0 aromatic heterocycles. The first-order valence-electron chi connectivity index (χ1n) is 7.51. The Morgan fingerprint density at radius 3 is 2.62 bits per heavy atom. The zero-order valence-electron chi connectivity index (χ0n) is 13.1. The summed E-state index contributed by atoms with van der Waals surface area (Å²) in [5.41, 5.74) is 1.22. The van der Waals surface area contributed by atoms with Crippen molar-refractivity contribution in [1.29, 1.82) is 0 Å². The van der Waals surface area contributed by atoms with Gasteiger partial charge in [0.2, 0.25) is 0 Å². The van der Waals surface area contributed by atoms with Crippen LogP contribution in [0.4, 0.5) is 5.69 Å². The summed E-state index contributed by atoms with van der Waals surface area (Å²) in [7, 11) is 1.71. The van der Waals surface area contributed by atoms with Crippen molar-refractivity contribution in [3.8, 4) is 5.75 Å². The molecule has 1 aliphatic rings. The Hall–Kier alpha value is -0.260. The number of halogens is 2. The summed E-state index contributed by atoms with van der Waals surface area (Å²) >= 11 is 7.27. The van der Waals surface area contributed by atoms with Gasteiger partial charge in [-0.3, -0.25) is 0 Å². The lowest BCUT2D eigenvalue weighted by Gasteiger charge is -2.44. The molecule has 1 aromatic carbocycles. The molecular weight excluding hydrogens is 396 g/mol. The van der Waals surface area contributed by atoms with Crippen LogP contribution in [0.1, 0.15) is 27.2 Å². The highest BCUT2D eigenvalue weighted by atomic mass is 79.9. The number of hydrogen-bond donors (Lipinski definition) is 1. The van der Waals surface area contributed by atoms with Crippen LogP contribution in [-0.4, -0.2) is 32.3 Å². The molecule has 0 bridgehead atoms. The molecule has 1 aliphatic heterocycles. The molecule has 0 saturated carbocycles. The van der Waals surface area contributed by atoms with E-state index < -0.39 is 0 Å². The normalized spacial score (nSPS) is 22.7. The quantitative estimate of drug-likeness (QED) is 0.780. The predicted octanol–water partition coefficient (Wildman–Crippen LogP) is 4.43. The first-order chi connectivity index (χ1) is 9.97. The van der Waals surface area contributed by atoms with Crippen molar-refractivity contribution in [3.05, 3.63) is 21.1 Å². The van der Waals surface area contributed by atoms with Crippen molar-refractivity contribution >= 4 is 37.5 Å². The third-order valence-corrected chi connectivity index (χ3v) is 5.48. The van der Waals surface area contributed by atoms with E-state index in [4.69, 9.17) is 4.74 Å². The van der Waals surface area contributed by atoms with Gasteiger partial charge in [0.25, 0.3) is 0 Å². The number of hydrogen-bond acceptors (Lipinski definition) is 3. The van der Waals surface area contributed by atoms with Crippen molar-refractivity contribution in [2.75, 3.05) is 25.1 Å². The Bertz CT molecular complexity index is 493. The lowest BCUT2D eigenvalue weighted by atomic mass is 9.97. The zero-order valence-corrected chi connectivity index (χ0v) is 16.3. The summed E-state index contributed by atoms with van der Waals surface area (Å²) in [5, 5.41) is 3.66. The molecule has 5 heteroatoms. The summed E-state index contributed by atoms with van der Waals surface area (Å²) < 4.78 is 7.56. The van der Waals surface area contributed by atoms with Crippen LogP contribution in [0.2, 0.25) is 0 Å². The van der Waals surface area contributed by atoms with Crippen LogP contribution in [0, 0.1) is 5.92 Å². The number of rotatable bonds is 4. The fourth-order valence-corrected chi connectivity index (χ4v) is 4.26. The standard InChI is InChI=1S/C16H24Br2N2O/c1-5-11-9-20(15(8-19-11)10(2)3)14-7-16(21-4)13(18)6-12(14)17/h6-7,10-11,15,19H,5,8-9H2,1-4H3. The lowest BCUT2D eigenvalue weighted by molar-refractivity contribution is 0.332. The summed E-state index contributed by atoms with van der Waals surface area (Å²) in [6.45, 7) is 8.87. The van der Waals surface area contributed by atoms with Crippen LogP contribution in [0.3, 0.4) is 0 Å². The number of piperazine rings is 1. The molecule has 1 aromatic rings. The summed E-state index contributed by atoms with van der Waals surface area (Å²) in [6, 6.07) is 5.24. The van der Waals surface area contributed by atoms with Crippen LogP contribution in [-0.2, 0) is 0 Å². The monoisotopic (exact) mass is 418 g/mol. The second kappa shape index (κ2) is 7.34. The van der Waals surface area contributed by atoms with Crippen LogP contribution in [0.15, 0.2) is 21.1 Å². The van der Waals surface area contributed by atoms with Gasteiger partial charge in [-0.15, -0.1) is 0 Å². The number of methoxy groups -OCH3 is 1. The van der Waals surface area contributed by atoms with Gasteiger partial charge in [0.1, 0.15) is 5.75 Å². The summed E-state index contributed by atoms with van der Waals surface area (Å²) in [6.07, 6.45) is 1.15. The largest absolute Gasteiger partial charge is 0.495 e. The Morgan fingerprint density at radius 1 is 1.33 bits per heavy atom. The average molecular weight is 420 g/mol. The molecule has 2 unspecified atom stereocenters. The van der Waals surface area contributed by atoms with E-state index in [1.807, 2.05) is 0 Å². The van der Waals surface area contributed by atoms with Crippen molar-refractivity contribution in [2.45, 2.75) is 39.3 Å². The maximum absolute atomic E-state index is 5.47. The molecule has 1 N–H and O–H groups in total. The molecule has 1 heterocycles. The highest BCUT2D eigenvalue weighted by Crippen LogP contribution is 2.38. The van der Waals surface area contributed by atoms with Gasteiger partial charge in [-0.2, -0.15) is 0 Å². The molecule has 0 radical (unpaired) electrons. The van der Waals surface area contributed by atoms with Gasteiger partial charge < -0.3 is 15.0 Å². The highest BCUT2D eigenvalue weighted by Gasteiger charge is 2.30. The van der Waals surface area contributed by atoms with E-state index in [2.05, 4.69) is 75.0 Å². The van der Waals surface area contributed by atoms with Crippen molar-refractivity contribution in [2.24, 2.45) is 5.92 Å². The minimum atomic E-state index is 0.495. The first kappa shape index (κ1) is 17.1. The molecule has 1 saturated heterocycles. The maximum atomic E-state index is 5.47. The number of ether oxygens (including phenoxy) is 1. The van der Waals surface area contributed by atoms with E-state index in [0.717, 1.165) is 34.2 Å². The molecular formula is C16H24Br2N2O. The van der Waals surface area contributed by atoms with E-state index in [1.54, 1.807) is 7.11 Å². The van der Waals surface area contributed by atoms with Gasteiger partial charge >= 0.3 is 0 Å². The Labute approximate surface area is 144 Å². The third kappa shape index (κ3) is 3.74. The molecule has 21 heavy (non-hydrogen) atoms. The SMILES string of the molecule is CCC1CN(c2cc(OC)c(Br)cc2Br)C(C(C)C)CN1. The van der Waals surface area contributed by atoms with E-state index in [-0.39, 0.29) is 0 Å². The molecule has 118 valence electrons. The fourth-order valence-electron chi connectivity index (χ4n) is 2.88. The number of nitrogens with one attached hydrogen (secondary N) is 1. The minimum Gasteiger partial charge on any atom is -0.495 e. The van der Waals surface area contributed by atoms with Crippen molar-refractivity contribution in [1.82, 2.24) is 5.32 Å². The van der Waals surface area contributed by atoms with Gasteiger partial charge in [-0.1, -0.05) is 20.8 Å². The Balaban J connectivity index is 2.39. The van der Waals surface area contributed by atoms with E-state index >= 15 is 0 Å². The second-order valence-corrected chi connectivity index (χ2v) is 7.62. The van der Waals surface area contributed by atoms with Gasteiger partial charge in [0, 0.05) is 35.7 Å². The zero-order chi connectivity index (χ0) is 15.6. The van der Waals surface area contributed by atoms with Gasteiger partial charge in [-0.25, -0.2) is 0 Å². The molecule has 2 rings (SSSR count). The average Bonchev–Trinajstić information content (AvgIpc) is 2.46. The Morgan fingerprint density at radius 2 is 2.05 bits per heavy atom. The number of anilines is 1. The molecule has 0 aliphatic carbocycles. The van der Waals surface area contributed by atoms with E-state index in [0.29, 0.717) is 18.0 Å². The van der Waals surface area contributed by atoms with Gasteiger partial charge in [-0.05, 0) is 50.3 Å². The van der Waals surface area contributed by atoms with E-state index in [9.17, 15) is 0 Å². The number of benzene rings is 1. The predicted molar refractivity (Wildman–Crippen MR) is 96.4 cm³/mol. The number of nitrogens with zero attached hydrogens (tertiary/aromatic N) is 1. The second-order valence-electron chi connectivity index (χ2n) is 5.92. The fraction of sp³-hybridized carbons (Fsp3) is 0.625. The van der Waals surface area contributed by atoms with Crippen LogP contribution >= 0.6 is 31.9 Å².